The number of fused-ring (bicyclic) bond motifs is 1. The molecule has 0 saturated carbocycles. The number of hydrogen-bond donors (Lipinski definition) is 0. The summed E-state index contributed by atoms with van der Waals surface area (Å²) in [4.78, 5) is 14.4. The van der Waals surface area contributed by atoms with Crippen LogP contribution >= 0.6 is 15.9 Å². The number of aromatic nitrogens is 2. The van der Waals surface area contributed by atoms with Gasteiger partial charge in [-0.05, 0) is 28.1 Å². The van der Waals surface area contributed by atoms with Crippen LogP contribution in [0.2, 0.25) is 0 Å². The molecular formula is C8H5BrN2O. The van der Waals surface area contributed by atoms with Crippen LogP contribution in [0.1, 0.15) is 10.6 Å². The Labute approximate surface area is 77.2 Å². The quantitative estimate of drug-likeness (QED) is 0.694. The summed E-state index contributed by atoms with van der Waals surface area (Å²) in [5.74, 6) is 0.423. The number of halogens is 1. The number of rotatable bonds is 1. The molecule has 0 amide bonds. The van der Waals surface area contributed by atoms with Gasteiger partial charge < -0.3 is 0 Å². The van der Waals surface area contributed by atoms with Crippen LogP contribution < -0.4 is 0 Å². The molecule has 0 fully saturated rings. The van der Waals surface area contributed by atoms with Crippen molar-refractivity contribution < 1.29 is 4.79 Å². The Kier molecular flexibility index (Phi) is 1.69. The van der Waals surface area contributed by atoms with Crippen molar-refractivity contribution >= 4 is 27.7 Å². The summed E-state index contributed by atoms with van der Waals surface area (Å²) >= 11 is 3.32. The molecule has 2 aromatic heterocycles. The summed E-state index contributed by atoms with van der Waals surface area (Å²) in [6, 6.07) is 3.80. The average Bonchev–Trinajstić information content (AvgIpc) is 2.46. The van der Waals surface area contributed by atoms with Crippen LogP contribution in [0.3, 0.4) is 0 Å². The minimum atomic E-state index is 0.423. The molecule has 2 aromatic rings. The Balaban J connectivity index is 2.83. The monoisotopic (exact) mass is 224 g/mol. The van der Waals surface area contributed by atoms with Gasteiger partial charge in [0.2, 0.25) is 0 Å². The van der Waals surface area contributed by atoms with Gasteiger partial charge in [-0.3, -0.25) is 9.20 Å². The van der Waals surface area contributed by atoms with Crippen molar-refractivity contribution in [2.24, 2.45) is 0 Å². The van der Waals surface area contributed by atoms with Crippen LogP contribution in [0.4, 0.5) is 0 Å². The van der Waals surface area contributed by atoms with Gasteiger partial charge >= 0.3 is 0 Å². The first kappa shape index (κ1) is 7.49. The van der Waals surface area contributed by atoms with Gasteiger partial charge in [0.05, 0.1) is 11.7 Å². The molecule has 12 heavy (non-hydrogen) atoms. The maximum absolute atomic E-state index is 10.5. The lowest BCUT2D eigenvalue weighted by atomic mass is 10.4. The fraction of sp³-hybridized carbons (Fsp3) is 0. The molecule has 4 heteroatoms. The summed E-state index contributed by atoms with van der Waals surface area (Å²) in [5.41, 5.74) is 0.917. The van der Waals surface area contributed by atoms with Gasteiger partial charge in [-0.15, -0.1) is 0 Å². The van der Waals surface area contributed by atoms with E-state index in [0.717, 1.165) is 16.3 Å². The lowest BCUT2D eigenvalue weighted by Crippen LogP contribution is -1.91. The van der Waals surface area contributed by atoms with E-state index in [4.69, 9.17) is 0 Å². The lowest BCUT2D eigenvalue weighted by Gasteiger charge is -1.94. The molecule has 0 unspecified atom stereocenters. The molecule has 2 rings (SSSR count). The summed E-state index contributed by atoms with van der Waals surface area (Å²) < 4.78 is 2.66. The lowest BCUT2D eigenvalue weighted by molar-refractivity contribution is 0.111. The first-order chi connectivity index (χ1) is 5.81. The Morgan fingerprint density at radius 2 is 2.33 bits per heavy atom. The fourth-order valence-corrected chi connectivity index (χ4v) is 1.41. The SMILES string of the molecule is O=Cc1ncc2ccc(Br)cn12. The van der Waals surface area contributed by atoms with Gasteiger partial charge in [0.15, 0.2) is 12.1 Å². The highest BCUT2D eigenvalue weighted by Gasteiger charge is 2.00. The van der Waals surface area contributed by atoms with E-state index in [9.17, 15) is 4.79 Å². The zero-order chi connectivity index (χ0) is 8.55. The van der Waals surface area contributed by atoms with Crippen LogP contribution in [0.5, 0.6) is 0 Å². The van der Waals surface area contributed by atoms with Gasteiger partial charge in [0.25, 0.3) is 0 Å². The Hall–Kier alpha value is -1.16. The third kappa shape index (κ3) is 1.04. The highest BCUT2D eigenvalue weighted by atomic mass is 79.9. The van der Waals surface area contributed by atoms with E-state index in [1.165, 1.54) is 0 Å². The van der Waals surface area contributed by atoms with Crippen LogP contribution in [0.15, 0.2) is 29.0 Å². The zero-order valence-corrected chi connectivity index (χ0v) is 7.65. The largest absolute Gasteiger partial charge is 0.296 e. The van der Waals surface area contributed by atoms with Crippen molar-refractivity contribution in [3.05, 3.63) is 34.8 Å². The van der Waals surface area contributed by atoms with Crippen LogP contribution in [0.25, 0.3) is 5.52 Å². The summed E-state index contributed by atoms with van der Waals surface area (Å²) in [7, 11) is 0. The summed E-state index contributed by atoms with van der Waals surface area (Å²) in [6.45, 7) is 0. The maximum atomic E-state index is 10.5. The first-order valence-corrected chi connectivity index (χ1v) is 4.18. The molecule has 2 heterocycles. The molecule has 0 spiro atoms. The number of carbonyl (C=O) groups is 1. The molecular weight excluding hydrogens is 220 g/mol. The maximum Gasteiger partial charge on any atom is 0.185 e. The fourth-order valence-electron chi connectivity index (χ4n) is 1.07. The molecule has 0 N–H and O–H groups in total. The summed E-state index contributed by atoms with van der Waals surface area (Å²) in [6.07, 6.45) is 4.21. The second-order valence-corrected chi connectivity index (χ2v) is 3.29. The van der Waals surface area contributed by atoms with E-state index in [1.807, 2.05) is 18.3 Å². The van der Waals surface area contributed by atoms with Gasteiger partial charge in [-0.25, -0.2) is 4.98 Å². The number of aldehydes is 1. The zero-order valence-electron chi connectivity index (χ0n) is 6.07. The van der Waals surface area contributed by atoms with Crippen molar-refractivity contribution in [2.75, 3.05) is 0 Å². The predicted octanol–water partition coefficient (Wildman–Crippen LogP) is 1.91. The Bertz CT molecular complexity index is 436. The number of pyridine rings is 1. The Morgan fingerprint density at radius 1 is 1.50 bits per heavy atom. The molecule has 3 nitrogen and oxygen atoms in total. The van der Waals surface area contributed by atoms with Gasteiger partial charge in [-0.1, -0.05) is 0 Å². The number of carbonyl (C=O) groups excluding carboxylic acids is 1. The highest BCUT2D eigenvalue weighted by molar-refractivity contribution is 9.10. The summed E-state index contributed by atoms with van der Waals surface area (Å²) in [5, 5.41) is 0. The standard InChI is InChI=1S/C8H5BrN2O/c9-6-1-2-7-3-10-8(5-12)11(7)4-6/h1-5H. The molecule has 60 valence electrons. The normalized spacial score (nSPS) is 10.4. The van der Waals surface area contributed by atoms with Crippen LogP contribution in [-0.2, 0) is 0 Å². The van der Waals surface area contributed by atoms with Crippen LogP contribution in [0, 0.1) is 0 Å². The van der Waals surface area contributed by atoms with E-state index in [0.29, 0.717) is 5.82 Å². The van der Waals surface area contributed by atoms with Crippen molar-refractivity contribution in [1.29, 1.82) is 0 Å². The molecule has 0 bridgehead atoms. The van der Waals surface area contributed by atoms with Crippen molar-refractivity contribution in [3.8, 4) is 0 Å². The minimum Gasteiger partial charge on any atom is -0.296 e. The Morgan fingerprint density at radius 3 is 3.08 bits per heavy atom. The highest BCUT2D eigenvalue weighted by Crippen LogP contribution is 2.12. The van der Waals surface area contributed by atoms with E-state index in [-0.39, 0.29) is 0 Å². The minimum absolute atomic E-state index is 0.423. The van der Waals surface area contributed by atoms with Crippen LogP contribution in [-0.4, -0.2) is 15.7 Å². The van der Waals surface area contributed by atoms with E-state index < -0.39 is 0 Å². The van der Waals surface area contributed by atoms with Gasteiger partial charge in [-0.2, -0.15) is 0 Å². The molecule has 0 aliphatic heterocycles. The van der Waals surface area contributed by atoms with Crippen molar-refractivity contribution in [2.45, 2.75) is 0 Å². The molecule has 0 aliphatic rings. The third-order valence-electron chi connectivity index (χ3n) is 1.63. The smallest absolute Gasteiger partial charge is 0.185 e. The average molecular weight is 225 g/mol. The second-order valence-electron chi connectivity index (χ2n) is 2.38. The van der Waals surface area contributed by atoms with E-state index in [2.05, 4.69) is 20.9 Å². The molecule has 0 radical (unpaired) electrons. The molecule has 0 atom stereocenters. The van der Waals surface area contributed by atoms with Crippen molar-refractivity contribution in [3.63, 3.8) is 0 Å². The number of hydrogen-bond acceptors (Lipinski definition) is 2. The van der Waals surface area contributed by atoms with E-state index in [1.54, 1.807) is 10.6 Å². The van der Waals surface area contributed by atoms with Gasteiger partial charge in [0.1, 0.15) is 0 Å². The molecule has 0 saturated heterocycles. The second kappa shape index (κ2) is 2.71. The number of imidazole rings is 1. The molecule has 0 aliphatic carbocycles. The van der Waals surface area contributed by atoms with Gasteiger partial charge in [0, 0.05) is 10.7 Å². The topological polar surface area (TPSA) is 34.4 Å². The molecule has 0 aromatic carbocycles. The third-order valence-corrected chi connectivity index (χ3v) is 2.09. The van der Waals surface area contributed by atoms with Crippen molar-refractivity contribution in [1.82, 2.24) is 9.38 Å². The predicted molar refractivity (Wildman–Crippen MR) is 48.3 cm³/mol. The number of nitrogens with zero attached hydrogens (tertiary/aromatic N) is 2. The first-order valence-electron chi connectivity index (χ1n) is 3.39. The van der Waals surface area contributed by atoms with E-state index >= 15 is 0 Å².